The average Bonchev–Trinajstić information content (AvgIpc) is 2.91. The summed E-state index contributed by atoms with van der Waals surface area (Å²) < 4.78 is 0. The summed E-state index contributed by atoms with van der Waals surface area (Å²) in [5.74, 6) is 0. The predicted octanol–water partition coefficient (Wildman–Crippen LogP) is 6.19. The molecule has 0 radical (unpaired) electrons. The Morgan fingerprint density at radius 2 is 0.548 bits per heavy atom. The second kappa shape index (κ2) is 26.7. The normalized spacial score (nSPS) is 9.81. The molecule has 0 unspecified atom stereocenters. The molecule has 4 aromatic rings. The third-order valence-corrected chi connectivity index (χ3v) is 5.04. The van der Waals surface area contributed by atoms with E-state index in [4.69, 9.17) is 0 Å². The van der Waals surface area contributed by atoms with Gasteiger partial charge < -0.3 is 19.6 Å². The number of nitrogens with zero attached hydrogens (tertiary/aromatic N) is 4. The van der Waals surface area contributed by atoms with Crippen LogP contribution in [0.15, 0.2) is 97.1 Å². The molecule has 0 aliphatic rings. The van der Waals surface area contributed by atoms with Gasteiger partial charge in [0.05, 0.1) is 0 Å². The Labute approximate surface area is 286 Å². The summed E-state index contributed by atoms with van der Waals surface area (Å²) >= 11 is 0. The molecule has 0 fully saturated rings. The Hall–Kier alpha value is -1.90. The van der Waals surface area contributed by atoms with E-state index in [2.05, 4.69) is 125 Å². The zero-order valence-corrected chi connectivity index (χ0v) is 30.7. The molecule has 0 N–H and O–H groups in total. The Morgan fingerprint density at radius 1 is 0.357 bits per heavy atom. The average molecular weight is 729 g/mol. The van der Waals surface area contributed by atoms with Crippen LogP contribution in [0.4, 0.5) is 0 Å². The van der Waals surface area contributed by atoms with Crippen LogP contribution in [0.2, 0.25) is 0 Å². The van der Waals surface area contributed by atoms with E-state index in [-0.39, 0.29) is 42.1 Å². The molecule has 0 aliphatic heterocycles. The van der Waals surface area contributed by atoms with Gasteiger partial charge in [0.1, 0.15) is 0 Å². The third kappa shape index (κ3) is 24.7. The molecule has 4 nitrogen and oxygen atoms in total. The fraction of sp³-hybridized carbons (Fsp3) is 0.333. The van der Waals surface area contributed by atoms with Crippen LogP contribution in [0.1, 0.15) is 22.3 Å². The zero-order chi connectivity index (χ0) is 29.6. The molecule has 220 valence electrons. The van der Waals surface area contributed by atoms with Crippen LogP contribution < -0.4 is 0 Å². The van der Waals surface area contributed by atoms with Crippen molar-refractivity contribution in [3.63, 3.8) is 0 Å². The predicted molar refractivity (Wildman–Crippen MR) is 171 cm³/mol. The van der Waals surface area contributed by atoms with E-state index in [1.807, 2.05) is 72.8 Å². The molecule has 42 heavy (non-hydrogen) atoms. The summed E-state index contributed by atoms with van der Waals surface area (Å²) in [6, 6.07) is 44.8. The summed E-state index contributed by atoms with van der Waals surface area (Å²) in [5, 5.41) is 0. The quantitative estimate of drug-likeness (QED) is 0.159. The maximum atomic E-state index is 3.16. The smallest absolute Gasteiger partial charge is 0.307 e. The topological polar surface area (TPSA) is 13.0 Å². The van der Waals surface area contributed by atoms with Gasteiger partial charge in [0, 0.05) is 26.2 Å². The number of rotatable bonds is 8. The molecular formula is C36H48Mo2N4+4. The van der Waals surface area contributed by atoms with Crippen LogP contribution >= 0.6 is 0 Å². The van der Waals surface area contributed by atoms with E-state index in [9.17, 15) is 0 Å². The Bertz CT molecular complexity index is 910. The van der Waals surface area contributed by atoms with Gasteiger partial charge in [-0.2, -0.15) is 121 Å². The van der Waals surface area contributed by atoms with Crippen molar-refractivity contribution < 1.29 is 42.1 Å². The molecule has 0 spiro atoms. The van der Waals surface area contributed by atoms with E-state index in [0.717, 1.165) is 26.2 Å². The van der Waals surface area contributed by atoms with Gasteiger partial charge in [-0.05, 0) is 56.4 Å². The second-order valence-corrected chi connectivity index (χ2v) is 10.5. The maximum absolute atomic E-state index is 3.16. The van der Waals surface area contributed by atoms with Gasteiger partial charge in [-0.3, -0.25) is 0 Å². The Balaban J connectivity index is 0. The molecule has 0 saturated heterocycles. The van der Waals surface area contributed by atoms with Crippen LogP contribution in [0.25, 0.3) is 0 Å². The zero-order valence-electron chi connectivity index (χ0n) is 26.7. The molecule has 0 atom stereocenters. The summed E-state index contributed by atoms with van der Waals surface area (Å²) in [5.41, 5.74) is 4.97. The first kappa shape index (κ1) is 42.2. The van der Waals surface area contributed by atoms with Gasteiger partial charge in [-0.15, -0.1) is 22.3 Å². The van der Waals surface area contributed by atoms with Crippen molar-refractivity contribution >= 4 is 0 Å². The molecule has 4 rings (SSSR count). The van der Waals surface area contributed by atoms with Crippen molar-refractivity contribution in [1.82, 2.24) is 19.6 Å². The first-order valence-electron chi connectivity index (χ1n) is 13.6. The summed E-state index contributed by atoms with van der Waals surface area (Å²) in [6.45, 7) is 3.89. The van der Waals surface area contributed by atoms with Gasteiger partial charge in [0.15, 0.2) is 0 Å². The van der Waals surface area contributed by atoms with Gasteiger partial charge in [0.25, 0.3) is 0 Å². The molecular weight excluding hydrogens is 680 g/mol. The molecule has 4 aromatic carbocycles. The van der Waals surface area contributed by atoms with E-state index < -0.39 is 0 Å². The summed E-state index contributed by atoms with van der Waals surface area (Å²) in [6.07, 6.45) is 0. The van der Waals surface area contributed by atoms with Crippen molar-refractivity contribution in [2.45, 2.75) is 26.2 Å². The molecule has 0 saturated carbocycles. The first-order chi connectivity index (χ1) is 19.2. The van der Waals surface area contributed by atoms with Crippen molar-refractivity contribution in [1.29, 1.82) is 0 Å². The largest absolute Gasteiger partial charge is 4.00 e. The standard InChI is InChI=1S/4C9H12N.2Mo/c4*1-10(2)8-9-6-4-3-5-7-9;;/h4*3-6H,8H2,1-2H3;;/q4*-1;2*+4. The molecule has 0 aromatic heterocycles. The van der Waals surface area contributed by atoms with Crippen LogP contribution in [0.5, 0.6) is 0 Å². The summed E-state index contributed by atoms with van der Waals surface area (Å²) in [4.78, 5) is 8.52. The third-order valence-electron chi connectivity index (χ3n) is 5.04. The molecule has 0 bridgehead atoms. The van der Waals surface area contributed by atoms with Gasteiger partial charge in [-0.25, -0.2) is 0 Å². The fourth-order valence-electron chi connectivity index (χ4n) is 3.48. The number of hydrogen-bond acceptors (Lipinski definition) is 4. The minimum atomic E-state index is 0. The number of hydrogen-bond donors (Lipinski definition) is 0. The minimum absolute atomic E-state index is 0. The molecule has 0 amide bonds. The molecule has 0 aliphatic carbocycles. The SMILES string of the molecule is CN(C)Cc1[c-]cccc1.CN(C)Cc1[c-]cccc1.CN(C)Cc1[c-]cccc1.CN(C)Cc1[c-]cccc1.[Mo+4].[Mo+4]. The summed E-state index contributed by atoms with van der Waals surface area (Å²) in [7, 11) is 16.5. The first-order valence-corrected chi connectivity index (χ1v) is 13.6. The van der Waals surface area contributed by atoms with E-state index in [1.165, 1.54) is 22.3 Å². The van der Waals surface area contributed by atoms with Crippen molar-refractivity contribution in [2.75, 3.05) is 56.4 Å². The van der Waals surface area contributed by atoms with Crippen molar-refractivity contribution in [3.05, 3.63) is 144 Å². The fourth-order valence-corrected chi connectivity index (χ4v) is 3.48. The maximum Gasteiger partial charge on any atom is 4.00 e. The van der Waals surface area contributed by atoms with Crippen molar-refractivity contribution in [3.8, 4) is 0 Å². The monoisotopic (exact) mass is 732 g/mol. The van der Waals surface area contributed by atoms with Crippen LogP contribution in [0, 0.1) is 24.3 Å². The molecule has 6 heteroatoms. The number of benzene rings is 4. The van der Waals surface area contributed by atoms with Crippen LogP contribution in [-0.4, -0.2) is 76.0 Å². The van der Waals surface area contributed by atoms with E-state index in [0.29, 0.717) is 0 Å². The van der Waals surface area contributed by atoms with E-state index in [1.54, 1.807) is 0 Å². The van der Waals surface area contributed by atoms with Crippen LogP contribution in [0.3, 0.4) is 0 Å². The Kier molecular flexibility index (Phi) is 26.8. The minimum Gasteiger partial charge on any atom is -0.307 e. The van der Waals surface area contributed by atoms with Crippen LogP contribution in [-0.2, 0) is 68.3 Å². The Morgan fingerprint density at radius 3 is 0.667 bits per heavy atom. The van der Waals surface area contributed by atoms with E-state index >= 15 is 0 Å². The van der Waals surface area contributed by atoms with Gasteiger partial charge >= 0.3 is 42.1 Å². The second-order valence-electron chi connectivity index (χ2n) is 10.5. The van der Waals surface area contributed by atoms with Gasteiger partial charge in [-0.1, -0.05) is 0 Å². The van der Waals surface area contributed by atoms with Gasteiger partial charge in [0.2, 0.25) is 0 Å². The van der Waals surface area contributed by atoms with Crippen molar-refractivity contribution in [2.24, 2.45) is 0 Å². The molecule has 0 heterocycles.